The van der Waals surface area contributed by atoms with Crippen LogP contribution < -0.4 is 10.6 Å². The number of aromatic nitrogens is 4. The molecule has 0 bridgehead atoms. The lowest BCUT2D eigenvalue weighted by Gasteiger charge is -2.06. The summed E-state index contributed by atoms with van der Waals surface area (Å²) >= 11 is 3.14. The van der Waals surface area contributed by atoms with Crippen molar-refractivity contribution in [2.75, 3.05) is 10.6 Å². The number of nitrogens with zero attached hydrogens (tertiary/aromatic N) is 4. The van der Waals surface area contributed by atoms with Crippen LogP contribution in [0.25, 0.3) is 10.6 Å². The van der Waals surface area contributed by atoms with E-state index >= 15 is 0 Å². The number of anilines is 3. The van der Waals surface area contributed by atoms with Crippen LogP contribution >= 0.6 is 22.7 Å². The molecule has 140 valence electrons. The summed E-state index contributed by atoms with van der Waals surface area (Å²) in [6.45, 7) is 3.98. The van der Waals surface area contributed by atoms with Crippen LogP contribution in [0.4, 0.5) is 16.6 Å². The quantitative estimate of drug-likeness (QED) is 0.498. The molecule has 7 nitrogen and oxygen atoms in total. The number of aryl methyl sites for hydroxylation is 2. The van der Waals surface area contributed by atoms with Crippen molar-refractivity contribution in [1.29, 1.82) is 0 Å². The van der Waals surface area contributed by atoms with Gasteiger partial charge >= 0.3 is 0 Å². The van der Waals surface area contributed by atoms with Gasteiger partial charge in [-0.1, -0.05) is 0 Å². The minimum Gasteiger partial charge on any atom is -0.322 e. The van der Waals surface area contributed by atoms with E-state index in [2.05, 4.69) is 30.6 Å². The van der Waals surface area contributed by atoms with Crippen LogP contribution in [-0.4, -0.2) is 25.8 Å². The van der Waals surface area contributed by atoms with Crippen molar-refractivity contribution in [3.05, 3.63) is 64.5 Å². The molecule has 1 amide bonds. The molecule has 28 heavy (non-hydrogen) atoms. The van der Waals surface area contributed by atoms with Gasteiger partial charge in [-0.05, 0) is 38.1 Å². The molecule has 4 rings (SSSR count). The molecule has 0 spiro atoms. The van der Waals surface area contributed by atoms with E-state index < -0.39 is 0 Å². The molecule has 4 aromatic heterocycles. The molecule has 0 aromatic carbocycles. The van der Waals surface area contributed by atoms with E-state index in [0.29, 0.717) is 17.1 Å². The second kappa shape index (κ2) is 7.83. The van der Waals surface area contributed by atoms with E-state index in [1.165, 1.54) is 17.5 Å². The van der Waals surface area contributed by atoms with E-state index in [-0.39, 0.29) is 5.91 Å². The average Bonchev–Trinajstić information content (AvgIpc) is 3.28. The molecule has 0 aliphatic carbocycles. The largest absolute Gasteiger partial charge is 0.322 e. The highest BCUT2D eigenvalue weighted by Crippen LogP contribution is 2.32. The second-order valence-corrected chi connectivity index (χ2v) is 7.99. The number of carbonyl (C=O) groups excluding carboxylic acids is 1. The van der Waals surface area contributed by atoms with Gasteiger partial charge in [-0.15, -0.1) is 22.7 Å². The van der Waals surface area contributed by atoms with Gasteiger partial charge in [0.15, 0.2) is 5.13 Å². The number of rotatable bonds is 5. The lowest BCUT2D eigenvalue weighted by Crippen LogP contribution is -2.12. The molecule has 0 aliphatic rings. The summed E-state index contributed by atoms with van der Waals surface area (Å²) in [7, 11) is 0. The molecule has 0 saturated carbocycles. The average molecular weight is 409 g/mol. The fraction of sp³-hybridized carbons (Fsp3) is 0.105. The Bertz CT molecular complexity index is 1110. The third-order valence-corrected chi connectivity index (χ3v) is 5.69. The van der Waals surface area contributed by atoms with Crippen molar-refractivity contribution in [3.8, 4) is 10.6 Å². The SMILES string of the molecule is Cc1nc(C)c(-c2csc(Nc3ccc(C(=O)Nc4ccncc4)cn3)n2)s1. The maximum Gasteiger partial charge on any atom is 0.257 e. The van der Waals surface area contributed by atoms with E-state index in [1.807, 2.05) is 19.2 Å². The first kappa shape index (κ1) is 18.2. The Morgan fingerprint density at radius 3 is 2.57 bits per heavy atom. The predicted octanol–water partition coefficient (Wildman–Crippen LogP) is 4.67. The monoisotopic (exact) mass is 408 g/mol. The Morgan fingerprint density at radius 1 is 1.07 bits per heavy atom. The molecule has 4 aromatic rings. The summed E-state index contributed by atoms with van der Waals surface area (Å²) < 4.78 is 0. The van der Waals surface area contributed by atoms with Gasteiger partial charge in [0.25, 0.3) is 5.91 Å². The van der Waals surface area contributed by atoms with Gasteiger partial charge in [-0.3, -0.25) is 9.78 Å². The normalized spacial score (nSPS) is 10.6. The van der Waals surface area contributed by atoms with E-state index in [1.54, 1.807) is 48.0 Å². The smallest absolute Gasteiger partial charge is 0.257 e. The van der Waals surface area contributed by atoms with Gasteiger partial charge in [0.2, 0.25) is 0 Å². The first-order valence-corrected chi connectivity index (χ1v) is 10.1. The molecular formula is C19H16N6OS2. The van der Waals surface area contributed by atoms with Crippen molar-refractivity contribution in [2.24, 2.45) is 0 Å². The molecular weight excluding hydrogens is 392 g/mol. The zero-order valence-electron chi connectivity index (χ0n) is 15.1. The van der Waals surface area contributed by atoms with Gasteiger partial charge < -0.3 is 10.6 Å². The summed E-state index contributed by atoms with van der Waals surface area (Å²) in [5.74, 6) is 0.399. The maximum atomic E-state index is 12.3. The third-order valence-electron chi connectivity index (χ3n) is 3.84. The maximum absolute atomic E-state index is 12.3. The Labute approximate surface area is 169 Å². The van der Waals surface area contributed by atoms with Gasteiger partial charge in [-0.25, -0.2) is 15.0 Å². The van der Waals surface area contributed by atoms with Crippen LogP contribution in [0, 0.1) is 13.8 Å². The number of amides is 1. The lowest BCUT2D eigenvalue weighted by molar-refractivity contribution is 0.102. The number of pyridine rings is 2. The molecule has 0 radical (unpaired) electrons. The summed E-state index contributed by atoms with van der Waals surface area (Å²) in [5.41, 5.74) is 3.05. The van der Waals surface area contributed by atoms with Crippen molar-refractivity contribution in [1.82, 2.24) is 19.9 Å². The number of hydrogen-bond donors (Lipinski definition) is 2. The van der Waals surface area contributed by atoms with E-state index in [0.717, 1.165) is 26.4 Å². The van der Waals surface area contributed by atoms with Gasteiger partial charge in [0, 0.05) is 29.7 Å². The molecule has 4 heterocycles. The summed E-state index contributed by atoms with van der Waals surface area (Å²) in [6, 6.07) is 6.93. The number of carbonyl (C=O) groups is 1. The van der Waals surface area contributed by atoms with Crippen LogP contribution in [0.3, 0.4) is 0 Å². The molecule has 0 fully saturated rings. The highest BCUT2D eigenvalue weighted by atomic mass is 32.1. The van der Waals surface area contributed by atoms with Crippen molar-refractivity contribution < 1.29 is 4.79 Å². The Hall–Kier alpha value is -3.17. The van der Waals surface area contributed by atoms with E-state index in [4.69, 9.17) is 0 Å². The Balaban J connectivity index is 1.43. The first-order valence-electron chi connectivity index (χ1n) is 8.43. The molecule has 0 saturated heterocycles. The van der Waals surface area contributed by atoms with Crippen LogP contribution in [0.15, 0.2) is 48.2 Å². The van der Waals surface area contributed by atoms with Crippen LogP contribution in [-0.2, 0) is 0 Å². The third kappa shape index (κ3) is 4.05. The Morgan fingerprint density at radius 2 is 1.89 bits per heavy atom. The second-order valence-electron chi connectivity index (χ2n) is 5.93. The zero-order valence-corrected chi connectivity index (χ0v) is 16.8. The van der Waals surface area contributed by atoms with Gasteiger partial charge in [0.05, 0.1) is 26.8 Å². The summed E-state index contributed by atoms with van der Waals surface area (Å²) in [6.07, 6.45) is 4.78. The topological polar surface area (TPSA) is 92.7 Å². The van der Waals surface area contributed by atoms with E-state index in [9.17, 15) is 4.79 Å². The first-order chi connectivity index (χ1) is 13.6. The van der Waals surface area contributed by atoms with Crippen LogP contribution in [0.1, 0.15) is 21.1 Å². The minimum absolute atomic E-state index is 0.224. The fourth-order valence-corrected chi connectivity index (χ4v) is 4.22. The van der Waals surface area contributed by atoms with Crippen molar-refractivity contribution >= 4 is 45.2 Å². The zero-order chi connectivity index (χ0) is 19.5. The molecule has 0 unspecified atom stereocenters. The number of nitrogens with one attached hydrogen (secondary N) is 2. The summed E-state index contributed by atoms with van der Waals surface area (Å²) in [5, 5.41) is 9.74. The minimum atomic E-state index is -0.224. The molecule has 0 aliphatic heterocycles. The number of hydrogen-bond acceptors (Lipinski definition) is 8. The predicted molar refractivity (Wildman–Crippen MR) is 112 cm³/mol. The highest BCUT2D eigenvalue weighted by Gasteiger charge is 2.12. The lowest BCUT2D eigenvalue weighted by atomic mass is 10.2. The molecule has 9 heteroatoms. The van der Waals surface area contributed by atoms with Crippen LogP contribution in [0.5, 0.6) is 0 Å². The van der Waals surface area contributed by atoms with Crippen molar-refractivity contribution in [3.63, 3.8) is 0 Å². The number of thiazole rings is 2. The highest BCUT2D eigenvalue weighted by molar-refractivity contribution is 7.16. The Kier molecular flexibility index (Phi) is 5.09. The standard InChI is InChI=1S/C19H16N6OS2/c1-11-17(28-12(2)22-11)15-10-27-19(24-15)25-16-4-3-13(9-21-16)18(26)23-14-5-7-20-8-6-14/h3-10H,1-2H3,(H,20,23,26)(H,21,24,25). The summed E-state index contributed by atoms with van der Waals surface area (Å²) in [4.78, 5) is 30.7. The van der Waals surface area contributed by atoms with Crippen LogP contribution in [0.2, 0.25) is 0 Å². The van der Waals surface area contributed by atoms with Gasteiger partial charge in [0.1, 0.15) is 5.82 Å². The molecule has 2 N–H and O–H groups in total. The molecule has 0 atom stereocenters. The van der Waals surface area contributed by atoms with Crippen molar-refractivity contribution in [2.45, 2.75) is 13.8 Å². The van der Waals surface area contributed by atoms with Gasteiger partial charge in [-0.2, -0.15) is 0 Å². The fourth-order valence-electron chi connectivity index (χ4n) is 2.55.